The third-order valence-electron chi connectivity index (χ3n) is 4.43. The molecule has 11 nitrogen and oxygen atoms in total. The summed E-state index contributed by atoms with van der Waals surface area (Å²) in [4.78, 5) is 59.3. The Morgan fingerprint density at radius 1 is 1.06 bits per heavy atom. The number of carbonyl (C=O) groups excluding carboxylic acids is 5. The quantitative estimate of drug-likeness (QED) is 0.307. The van der Waals surface area contributed by atoms with Crippen molar-refractivity contribution in [2.45, 2.75) is 83.0 Å². The highest BCUT2D eigenvalue weighted by Gasteiger charge is 2.57. The second-order valence-electron chi connectivity index (χ2n) is 7.01. The van der Waals surface area contributed by atoms with Gasteiger partial charge in [-0.25, -0.2) is 4.79 Å². The number of methoxy groups -OCH3 is 1. The molecular formula is C19H28ClNO10. The number of amides is 1. The molecule has 1 rings (SSSR count). The summed E-state index contributed by atoms with van der Waals surface area (Å²) in [6, 6.07) is -1.09. The van der Waals surface area contributed by atoms with Crippen molar-refractivity contribution in [2.24, 2.45) is 0 Å². The highest BCUT2D eigenvalue weighted by molar-refractivity contribution is 6.32. The third-order valence-corrected chi connectivity index (χ3v) is 4.83. The fraction of sp³-hybridized carbons (Fsp3) is 0.737. The minimum atomic E-state index is -2.12. The Morgan fingerprint density at radius 3 is 2.06 bits per heavy atom. The zero-order valence-electron chi connectivity index (χ0n) is 18.3. The van der Waals surface area contributed by atoms with Crippen LogP contribution in [0.3, 0.4) is 0 Å². The van der Waals surface area contributed by atoms with Gasteiger partial charge in [-0.2, -0.15) is 0 Å². The zero-order valence-corrected chi connectivity index (χ0v) is 19.0. The Morgan fingerprint density at radius 2 is 1.65 bits per heavy atom. The molecule has 12 heteroatoms. The molecule has 4 unspecified atom stereocenters. The summed E-state index contributed by atoms with van der Waals surface area (Å²) in [5.41, 5.74) is 0. The third kappa shape index (κ3) is 7.35. The average Bonchev–Trinajstić information content (AvgIpc) is 2.64. The van der Waals surface area contributed by atoms with Gasteiger partial charge in [0.2, 0.25) is 11.0 Å². The van der Waals surface area contributed by atoms with E-state index in [9.17, 15) is 24.0 Å². The highest BCUT2D eigenvalue weighted by atomic mass is 35.5. The molecule has 0 aromatic carbocycles. The number of halogens is 1. The van der Waals surface area contributed by atoms with Gasteiger partial charge in [0.25, 0.3) is 0 Å². The molecule has 31 heavy (non-hydrogen) atoms. The van der Waals surface area contributed by atoms with Crippen LogP contribution in [0.25, 0.3) is 0 Å². The predicted octanol–water partition coefficient (Wildman–Crippen LogP) is 0.593. The largest absolute Gasteiger partial charge is 0.466 e. The number of hydrogen-bond acceptors (Lipinski definition) is 10. The van der Waals surface area contributed by atoms with E-state index in [0.717, 1.165) is 21.0 Å². The standard InChI is InChI=1S/C19H28ClNO10/c1-7-13(28-10(3)23)16(30-12(5)25)17-15(21-9(2)22)14(29-11(4)24)8-19(20,31-17)18(26)27-6/h13-17H,7-8H2,1-6H3,(H,21,22)/t13-,14?,15?,16-,17?,19?/m1/s1. The van der Waals surface area contributed by atoms with Gasteiger partial charge in [-0.1, -0.05) is 18.5 Å². The molecule has 0 aromatic heterocycles. The molecule has 1 fully saturated rings. The van der Waals surface area contributed by atoms with Crippen LogP contribution in [-0.2, 0) is 47.7 Å². The van der Waals surface area contributed by atoms with Crippen molar-refractivity contribution in [3.8, 4) is 0 Å². The van der Waals surface area contributed by atoms with Gasteiger partial charge in [-0.15, -0.1) is 0 Å². The van der Waals surface area contributed by atoms with E-state index in [1.807, 2.05) is 0 Å². The number of nitrogens with one attached hydrogen (secondary N) is 1. The first kappa shape index (κ1) is 26.6. The minimum absolute atomic E-state index is 0.190. The number of hydrogen-bond donors (Lipinski definition) is 1. The van der Waals surface area contributed by atoms with Crippen LogP contribution in [0.5, 0.6) is 0 Å². The summed E-state index contributed by atoms with van der Waals surface area (Å²) < 4.78 is 26.4. The maximum Gasteiger partial charge on any atom is 0.354 e. The Labute approximate surface area is 185 Å². The van der Waals surface area contributed by atoms with E-state index in [-0.39, 0.29) is 12.8 Å². The van der Waals surface area contributed by atoms with Crippen LogP contribution in [-0.4, -0.2) is 72.4 Å². The molecule has 0 spiro atoms. The summed E-state index contributed by atoms with van der Waals surface area (Å²) in [5, 5.41) is 0.461. The molecule has 1 heterocycles. The average molecular weight is 466 g/mol. The molecule has 1 N–H and O–H groups in total. The molecule has 1 aliphatic heterocycles. The van der Waals surface area contributed by atoms with Gasteiger partial charge in [0.1, 0.15) is 18.3 Å². The fourth-order valence-electron chi connectivity index (χ4n) is 3.37. The minimum Gasteiger partial charge on any atom is -0.466 e. The summed E-state index contributed by atoms with van der Waals surface area (Å²) in [6.45, 7) is 6.32. The van der Waals surface area contributed by atoms with Crippen LogP contribution in [0, 0.1) is 0 Å². The monoisotopic (exact) mass is 465 g/mol. The first-order valence-electron chi connectivity index (χ1n) is 9.58. The molecule has 176 valence electrons. The van der Waals surface area contributed by atoms with Crippen LogP contribution in [0.15, 0.2) is 0 Å². The lowest BCUT2D eigenvalue weighted by Crippen LogP contribution is -2.67. The number of rotatable bonds is 8. The second-order valence-corrected chi connectivity index (χ2v) is 7.62. The zero-order chi connectivity index (χ0) is 23.9. The normalized spacial score (nSPS) is 27.3. The molecule has 0 bridgehead atoms. The lowest BCUT2D eigenvalue weighted by Gasteiger charge is -2.46. The molecule has 0 aromatic rings. The summed E-state index contributed by atoms with van der Waals surface area (Å²) in [7, 11) is 1.09. The van der Waals surface area contributed by atoms with Crippen molar-refractivity contribution in [3.63, 3.8) is 0 Å². The van der Waals surface area contributed by atoms with Crippen molar-refractivity contribution in [3.05, 3.63) is 0 Å². The Balaban J connectivity index is 3.57. The number of carbonyl (C=O) groups is 5. The van der Waals surface area contributed by atoms with Crippen molar-refractivity contribution in [2.75, 3.05) is 7.11 Å². The smallest absolute Gasteiger partial charge is 0.354 e. The topological polar surface area (TPSA) is 144 Å². The van der Waals surface area contributed by atoms with E-state index in [0.29, 0.717) is 0 Å². The van der Waals surface area contributed by atoms with Gasteiger partial charge in [0, 0.05) is 34.1 Å². The van der Waals surface area contributed by atoms with Gasteiger partial charge in [-0.05, 0) is 6.42 Å². The lowest BCUT2D eigenvalue weighted by atomic mass is 9.88. The molecule has 0 aliphatic carbocycles. The fourth-order valence-corrected chi connectivity index (χ4v) is 3.70. The van der Waals surface area contributed by atoms with Crippen LogP contribution in [0.4, 0.5) is 0 Å². The van der Waals surface area contributed by atoms with E-state index >= 15 is 0 Å². The van der Waals surface area contributed by atoms with Gasteiger partial charge in [-0.3, -0.25) is 19.2 Å². The van der Waals surface area contributed by atoms with E-state index < -0.39 is 65.3 Å². The van der Waals surface area contributed by atoms with E-state index in [2.05, 4.69) is 5.32 Å². The summed E-state index contributed by atoms with van der Waals surface area (Å²) in [6.07, 6.45) is -4.98. The molecule has 1 aliphatic rings. The Hall–Kier alpha value is -2.40. The van der Waals surface area contributed by atoms with E-state index in [1.54, 1.807) is 6.92 Å². The van der Waals surface area contributed by atoms with Crippen LogP contribution >= 0.6 is 11.6 Å². The van der Waals surface area contributed by atoms with E-state index in [4.69, 9.17) is 35.3 Å². The van der Waals surface area contributed by atoms with Gasteiger partial charge in [0.15, 0.2) is 6.10 Å². The van der Waals surface area contributed by atoms with Gasteiger partial charge in [0.05, 0.1) is 13.2 Å². The molecule has 6 atom stereocenters. The number of alkyl halides is 1. The maximum absolute atomic E-state index is 12.4. The highest BCUT2D eigenvalue weighted by Crippen LogP contribution is 2.38. The van der Waals surface area contributed by atoms with Crippen LogP contribution in [0.2, 0.25) is 0 Å². The van der Waals surface area contributed by atoms with E-state index in [1.165, 1.54) is 13.8 Å². The number of esters is 4. The first-order chi connectivity index (χ1) is 14.3. The molecule has 0 radical (unpaired) electrons. The lowest BCUT2D eigenvalue weighted by molar-refractivity contribution is -0.222. The van der Waals surface area contributed by atoms with Crippen molar-refractivity contribution < 1.29 is 47.7 Å². The van der Waals surface area contributed by atoms with Crippen molar-refractivity contribution >= 4 is 41.4 Å². The SMILES string of the molecule is CC[C@@H](OC(C)=O)[C@@H](OC(C)=O)C1OC(Cl)(C(=O)OC)CC(OC(C)=O)C1NC(C)=O. The Bertz CT molecular complexity index is 714. The van der Waals surface area contributed by atoms with Crippen molar-refractivity contribution in [1.29, 1.82) is 0 Å². The summed E-state index contributed by atoms with van der Waals surface area (Å²) in [5.74, 6) is -3.61. The van der Waals surface area contributed by atoms with Crippen molar-refractivity contribution in [1.82, 2.24) is 5.32 Å². The second kappa shape index (κ2) is 11.3. The molecule has 1 saturated heterocycles. The Kier molecular flexibility index (Phi) is 9.70. The van der Waals surface area contributed by atoms with Crippen LogP contribution in [0.1, 0.15) is 47.5 Å². The summed E-state index contributed by atoms with van der Waals surface area (Å²) >= 11 is 6.39. The first-order valence-corrected chi connectivity index (χ1v) is 9.96. The molecule has 0 saturated carbocycles. The molecular weight excluding hydrogens is 438 g/mol. The maximum atomic E-state index is 12.4. The predicted molar refractivity (Wildman–Crippen MR) is 105 cm³/mol. The van der Waals surface area contributed by atoms with Gasteiger partial charge < -0.3 is 29.0 Å². The van der Waals surface area contributed by atoms with Crippen LogP contribution < -0.4 is 5.32 Å². The van der Waals surface area contributed by atoms with Gasteiger partial charge >= 0.3 is 23.9 Å². The molecule has 1 amide bonds. The number of ether oxygens (including phenoxy) is 5.